The Morgan fingerprint density at radius 3 is 2.56 bits per heavy atom. The average molecular weight is 386 g/mol. The van der Waals surface area contributed by atoms with Gasteiger partial charge in [-0.1, -0.05) is 24.6 Å². The van der Waals surface area contributed by atoms with Gasteiger partial charge < -0.3 is 15.1 Å². The number of aromatic nitrogens is 2. The molecule has 1 saturated heterocycles. The number of Topliss-reactive ketones (excluding diaryl/α,β-unsaturated/α-hetero) is 1. The Balaban J connectivity index is 1.55. The van der Waals surface area contributed by atoms with E-state index in [4.69, 9.17) is 16.6 Å². The standard InChI is InChI=1S/C20H24ClN5O/c1-13-10-16-18(17(27)11-13)19(22-2)24-20(23-16)26-8-6-25(7-9-26)15-5-3-4-14(21)12-15/h3-5,12-13H,6-11H2,1-2H3,(H,22,23,24)/t13-/m1/s1. The summed E-state index contributed by atoms with van der Waals surface area (Å²) >= 11 is 6.12. The van der Waals surface area contributed by atoms with Gasteiger partial charge in [-0.3, -0.25) is 4.79 Å². The van der Waals surface area contributed by atoms with Crippen molar-refractivity contribution in [2.45, 2.75) is 19.8 Å². The van der Waals surface area contributed by atoms with Gasteiger partial charge in [0.2, 0.25) is 5.95 Å². The van der Waals surface area contributed by atoms with Crippen molar-refractivity contribution in [2.75, 3.05) is 48.3 Å². The first-order chi connectivity index (χ1) is 13.0. The molecule has 2 heterocycles. The fourth-order valence-corrected chi connectivity index (χ4v) is 4.10. The van der Waals surface area contributed by atoms with Gasteiger partial charge in [-0.25, -0.2) is 4.98 Å². The van der Waals surface area contributed by atoms with Crippen LogP contribution >= 0.6 is 11.6 Å². The quantitative estimate of drug-likeness (QED) is 0.875. The Morgan fingerprint density at radius 2 is 1.85 bits per heavy atom. The van der Waals surface area contributed by atoms with E-state index in [2.05, 4.69) is 33.1 Å². The van der Waals surface area contributed by atoms with Crippen LogP contribution < -0.4 is 15.1 Å². The van der Waals surface area contributed by atoms with E-state index in [0.717, 1.165) is 49.0 Å². The third-order valence-corrected chi connectivity index (χ3v) is 5.53. The number of piperazine rings is 1. The zero-order valence-corrected chi connectivity index (χ0v) is 16.5. The number of hydrogen-bond acceptors (Lipinski definition) is 6. The molecule has 0 spiro atoms. The maximum Gasteiger partial charge on any atom is 0.227 e. The summed E-state index contributed by atoms with van der Waals surface area (Å²) in [7, 11) is 1.81. The Morgan fingerprint density at radius 1 is 1.11 bits per heavy atom. The smallest absolute Gasteiger partial charge is 0.227 e. The lowest BCUT2D eigenvalue weighted by molar-refractivity contribution is 0.0952. The molecule has 0 bridgehead atoms. The fraction of sp³-hybridized carbons (Fsp3) is 0.450. The number of ketones is 1. The molecular formula is C20H24ClN5O. The molecule has 4 rings (SSSR count). The van der Waals surface area contributed by atoms with Gasteiger partial charge >= 0.3 is 0 Å². The SMILES string of the molecule is CNc1nc(N2CCN(c3cccc(Cl)c3)CC2)nc2c1C(=O)C[C@H](C)C2. The van der Waals surface area contributed by atoms with Crippen molar-refractivity contribution in [3.05, 3.63) is 40.5 Å². The average Bonchev–Trinajstić information content (AvgIpc) is 2.67. The maximum atomic E-state index is 12.4. The number of nitrogens with zero attached hydrogens (tertiary/aromatic N) is 4. The van der Waals surface area contributed by atoms with Crippen molar-refractivity contribution >= 4 is 34.8 Å². The van der Waals surface area contributed by atoms with E-state index < -0.39 is 0 Å². The lowest BCUT2D eigenvalue weighted by atomic mass is 9.87. The lowest BCUT2D eigenvalue weighted by Gasteiger charge is -2.36. The fourth-order valence-electron chi connectivity index (χ4n) is 3.92. The minimum Gasteiger partial charge on any atom is -0.372 e. The van der Waals surface area contributed by atoms with E-state index in [-0.39, 0.29) is 5.78 Å². The molecule has 1 aliphatic heterocycles. The highest BCUT2D eigenvalue weighted by molar-refractivity contribution is 6.30. The lowest BCUT2D eigenvalue weighted by Crippen LogP contribution is -2.47. The number of carbonyl (C=O) groups is 1. The predicted molar refractivity (Wildman–Crippen MR) is 109 cm³/mol. The van der Waals surface area contributed by atoms with E-state index >= 15 is 0 Å². The number of hydrogen-bond donors (Lipinski definition) is 1. The van der Waals surface area contributed by atoms with E-state index in [0.29, 0.717) is 29.7 Å². The first-order valence-corrected chi connectivity index (χ1v) is 9.80. The molecule has 1 aliphatic carbocycles. The first-order valence-electron chi connectivity index (χ1n) is 9.42. The molecule has 6 nitrogen and oxygen atoms in total. The molecule has 0 unspecified atom stereocenters. The Bertz CT molecular complexity index is 863. The van der Waals surface area contributed by atoms with Crippen molar-refractivity contribution in [1.82, 2.24) is 9.97 Å². The topological polar surface area (TPSA) is 61.4 Å². The van der Waals surface area contributed by atoms with Crippen LogP contribution in [0.15, 0.2) is 24.3 Å². The van der Waals surface area contributed by atoms with Crippen LogP contribution in [0.25, 0.3) is 0 Å². The number of benzene rings is 1. The number of carbonyl (C=O) groups excluding carboxylic acids is 1. The highest BCUT2D eigenvalue weighted by atomic mass is 35.5. The summed E-state index contributed by atoms with van der Waals surface area (Å²) in [5.41, 5.74) is 2.70. The zero-order chi connectivity index (χ0) is 19.0. The first kappa shape index (κ1) is 18.0. The van der Waals surface area contributed by atoms with Gasteiger partial charge in [0, 0.05) is 50.4 Å². The van der Waals surface area contributed by atoms with Gasteiger partial charge in [0.15, 0.2) is 5.78 Å². The van der Waals surface area contributed by atoms with Gasteiger partial charge in [-0.2, -0.15) is 4.98 Å². The van der Waals surface area contributed by atoms with Gasteiger partial charge in [0.1, 0.15) is 5.82 Å². The van der Waals surface area contributed by atoms with Crippen molar-refractivity contribution in [3.8, 4) is 0 Å². The molecule has 1 aromatic carbocycles. The molecule has 0 amide bonds. The van der Waals surface area contributed by atoms with E-state index in [1.54, 1.807) is 0 Å². The van der Waals surface area contributed by atoms with Crippen molar-refractivity contribution < 1.29 is 4.79 Å². The summed E-state index contributed by atoms with van der Waals surface area (Å²) in [4.78, 5) is 26.4. The van der Waals surface area contributed by atoms with Crippen LogP contribution in [0, 0.1) is 5.92 Å². The van der Waals surface area contributed by atoms with Crippen LogP contribution in [0.4, 0.5) is 17.5 Å². The molecule has 142 valence electrons. The summed E-state index contributed by atoms with van der Waals surface area (Å²) in [6, 6.07) is 7.96. The summed E-state index contributed by atoms with van der Waals surface area (Å²) in [5.74, 6) is 1.84. The Kier molecular flexibility index (Phi) is 4.91. The van der Waals surface area contributed by atoms with Crippen LogP contribution in [0.5, 0.6) is 0 Å². The summed E-state index contributed by atoms with van der Waals surface area (Å²) in [6.45, 7) is 5.53. The molecule has 7 heteroatoms. The monoisotopic (exact) mass is 385 g/mol. The zero-order valence-electron chi connectivity index (χ0n) is 15.7. The Labute approximate surface area is 164 Å². The molecule has 0 saturated carbocycles. The minimum atomic E-state index is 0.144. The molecule has 0 radical (unpaired) electrons. The molecule has 1 N–H and O–H groups in total. The Hall–Kier alpha value is -2.34. The van der Waals surface area contributed by atoms with Crippen LogP contribution in [0.1, 0.15) is 29.4 Å². The molecule has 1 atom stereocenters. The summed E-state index contributed by atoms with van der Waals surface area (Å²) in [5, 5.41) is 3.85. The van der Waals surface area contributed by atoms with E-state index in [1.807, 2.05) is 25.2 Å². The number of rotatable bonds is 3. The molecule has 27 heavy (non-hydrogen) atoms. The highest BCUT2D eigenvalue weighted by Gasteiger charge is 2.29. The van der Waals surface area contributed by atoms with Crippen molar-refractivity contribution in [2.24, 2.45) is 5.92 Å². The van der Waals surface area contributed by atoms with Crippen LogP contribution in [0.2, 0.25) is 5.02 Å². The number of anilines is 3. The van der Waals surface area contributed by atoms with Gasteiger partial charge in [0.05, 0.1) is 11.3 Å². The second-order valence-electron chi connectivity index (χ2n) is 7.33. The number of nitrogens with one attached hydrogen (secondary N) is 1. The molecule has 2 aliphatic rings. The van der Waals surface area contributed by atoms with Gasteiger partial charge in [-0.15, -0.1) is 0 Å². The third kappa shape index (κ3) is 3.58. The number of fused-ring (bicyclic) bond motifs is 1. The van der Waals surface area contributed by atoms with Crippen molar-refractivity contribution in [3.63, 3.8) is 0 Å². The molecule has 2 aromatic rings. The highest BCUT2D eigenvalue weighted by Crippen LogP contribution is 2.30. The van der Waals surface area contributed by atoms with Crippen molar-refractivity contribution in [1.29, 1.82) is 0 Å². The third-order valence-electron chi connectivity index (χ3n) is 5.30. The van der Waals surface area contributed by atoms with Gasteiger partial charge in [0.25, 0.3) is 0 Å². The van der Waals surface area contributed by atoms with E-state index in [1.165, 1.54) is 0 Å². The summed E-state index contributed by atoms with van der Waals surface area (Å²) < 4.78 is 0. The molecular weight excluding hydrogens is 362 g/mol. The summed E-state index contributed by atoms with van der Waals surface area (Å²) in [6.07, 6.45) is 1.40. The van der Waals surface area contributed by atoms with Crippen LogP contribution in [0.3, 0.4) is 0 Å². The van der Waals surface area contributed by atoms with Crippen LogP contribution in [-0.4, -0.2) is 49.0 Å². The van der Waals surface area contributed by atoms with Crippen LogP contribution in [-0.2, 0) is 6.42 Å². The number of halogens is 1. The van der Waals surface area contributed by atoms with E-state index in [9.17, 15) is 4.79 Å². The molecule has 1 aromatic heterocycles. The second kappa shape index (κ2) is 7.35. The predicted octanol–water partition coefficient (Wildman–Crippen LogP) is 3.26. The maximum absolute atomic E-state index is 12.4. The second-order valence-corrected chi connectivity index (χ2v) is 7.77. The molecule has 1 fully saturated rings. The van der Waals surface area contributed by atoms with Gasteiger partial charge in [-0.05, 0) is 30.5 Å². The normalized spacial score (nSPS) is 19.8. The minimum absolute atomic E-state index is 0.144. The largest absolute Gasteiger partial charge is 0.372 e.